The van der Waals surface area contributed by atoms with Gasteiger partial charge in [0.15, 0.2) is 0 Å². The third-order valence-electron chi connectivity index (χ3n) is 2.88. The first-order chi connectivity index (χ1) is 6.75. The van der Waals surface area contributed by atoms with Crippen LogP contribution in [-0.2, 0) is 0 Å². The van der Waals surface area contributed by atoms with Crippen LogP contribution in [0.5, 0.6) is 0 Å². The first-order valence-electron chi connectivity index (χ1n) is 5.23. The maximum Gasteiger partial charge on any atom is 0.0168 e. The summed E-state index contributed by atoms with van der Waals surface area (Å²) in [5.41, 5.74) is 5.61. The normalized spacial score (nSPS) is 19.1. The molecule has 0 saturated carbocycles. The molecule has 1 heterocycles. The van der Waals surface area contributed by atoms with E-state index < -0.39 is 0 Å². The van der Waals surface area contributed by atoms with Gasteiger partial charge in [0.1, 0.15) is 0 Å². The Balaban J connectivity index is 2.24. The van der Waals surface area contributed by atoms with E-state index in [0.717, 1.165) is 13.1 Å². The molecule has 74 valence electrons. The standard InChI is InChI=1S/C13H17N/c1-10-3-4-12(7-11(10)2)8-13-5-6-14-9-13/h3-4,7-8,14H,5-6,9H2,1-2H3. The van der Waals surface area contributed by atoms with Crippen LogP contribution in [0.25, 0.3) is 6.08 Å². The van der Waals surface area contributed by atoms with E-state index in [1.807, 2.05) is 0 Å². The molecule has 1 aromatic carbocycles. The maximum atomic E-state index is 3.35. The van der Waals surface area contributed by atoms with Crippen LogP contribution < -0.4 is 5.32 Å². The Morgan fingerprint density at radius 2 is 2.07 bits per heavy atom. The molecule has 0 spiro atoms. The van der Waals surface area contributed by atoms with Crippen LogP contribution in [0.15, 0.2) is 23.8 Å². The van der Waals surface area contributed by atoms with Crippen LogP contribution in [0.1, 0.15) is 23.1 Å². The van der Waals surface area contributed by atoms with Gasteiger partial charge in [0.2, 0.25) is 0 Å². The Hall–Kier alpha value is -1.08. The zero-order valence-electron chi connectivity index (χ0n) is 8.93. The summed E-state index contributed by atoms with van der Waals surface area (Å²) in [6.45, 7) is 6.53. The van der Waals surface area contributed by atoms with Gasteiger partial charge in [-0.3, -0.25) is 0 Å². The van der Waals surface area contributed by atoms with E-state index in [2.05, 4.69) is 43.4 Å². The Labute approximate surface area is 85.8 Å². The van der Waals surface area contributed by atoms with Gasteiger partial charge in [-0.25, -0.2) is 0 Å². The number of benzene rings is 1. The molecular weight excluding hydrogens is 170 g/mol. The number of aryl methyl sites for hydroxylation is 2. The third kappa shape index (κ3) is 2.05. The van der Waals surface area contributed by atoms with Crippen molar-refractivity contribution in [2.75, 3.05) is 13.1 Å². The predicted octanol–water partition coefficient (Wildman–Crippen LogP) is 2.68. The van der Waals surface area contributed by atoms with Gasteiger partial charge < -0.3 is 5.32 Å². The molecule has 1 aliphatic heterocycles. The summed E-state index contributed by atoms with van der Waals surface area (Å²) in [5.74, 6) is 0. The van der Waals surface area contributed by atoms with E-state index in [0.29, 0.717) is 0 Å². The molecule has 1 aliphatic rings. The minimum atomic E-state index is 1.06. The van der Waals surface area contributed by atoms with Crippen molar-refractivity contribution in [3.05, 3.63) is 40.5 Å². The van der Waals surface area contributed by atoms with Gasteiger partial charge in [-0.1, -0.05) is 29.8 Å². The number of rotatable bonds is 1. The molecule has 1 fully saturated rings. The van der Waals surface area contributed by atoms with E-state index in [1.165, 1.54) is 28.7 Å². The Bertz CT molecular complexity index is 355. The Morgan fingerprint density at radius 3 is 2.71 bits per heavy atom. The van der Waals surface area contributed by atoms with Gasteiger partial charge in [-0.05, 0) is 43.5 Å². The molecule has 0 aromatic heterocycles. The lowest BCUT2D eigenvalue weighted by Gasteiger charge is -2.02. The van der Waals surface area contributed by atoms with Gasteiger partial charge >= 0.3 is 0 Å². The van der Waals surface area contributed by atoms with E-state index in [4.69, 9.17) is 0 Å². The molecular formula is C13H17N. The fraction of sp³-hybridized carbons (Fsp3) is 0.385. The van der Waals surface area contributed by atoms with Crippen molar-refractivity contribution in [2.24, 2.45) is 0 Å². The van der Waals surface area contributed by atoms with Gasteiger partial charge in [-0.15, -0.1) is 0 Å². The highest BCUT2D eigenvalue weighted by molar-refractivity contribution is 5.55. The van der Waals surface area contributed by atoms with Crippen LogP contribution in [0, 0.1) is 13.8 Å². The van der Waals surface area contributed by atoms with Crippen LogP contribution in [0.4, 0.5) is 0 Å². The quantitative estimate of drug-likeness (QED) is 0.712. The fourth-order valence-electron chi connectivity index (χ4n) is 1.80. The second-order valence-corrected chi connectivity index (χ2v) is 4.07. The minimum absolute atomic E-state index is 1.06. The first kappa shape index (κ1) is 9.47. The lowest BCUT2D eigenvalue weighted by molar-refractivity contribution is 0.862. The smallest absolute Gasteiger partial charge is 0.0168 e. The van der Waals surface area contributed by atoms with Crippen molar-refractivity contribution in [3.63, 3.8) is 0 Å². The zero-order chi connectivity index (χ0) is 9.97. The zero-order valence-corrected chi connectivity index (χ0v) is 8.93. The SMILES string of the molecule is Cc1ccc(C=C2CCNC2)cc1C. The van der Waals surface area contributed by atoms with Crippen molar-refractivity contribution in [1.29, 1.82) is 0 Å². The summed E-state index contributed by atoms with van der Waals surface area (Å²) in [6.07, 6.45) is 3.51. The topological polar surface area (TPSA) is 12.0 Å². The fourth-order valence-corrected chi connectivity index (χ4v) is 1.80. The average molecular weight is 187 g/mol. The summed E-state index contributed by atoms with van der Waals surface area (Å²) in [4.78, 5) is 0. The van der Waals surface area contributed by atoms with E-state index >= 15 is 0 Å². The highest BCUT2D eigenvalue weighted by Crippen LogP contribution is 2.15. The molecule has 1 saturated heterocycles. The Kier molecular flexibility index (Phi) is 2.69. The second-order valence-electron chi connectivity index (χ2n) is 4.07. The molecule has 0 atom stereocenters. The molecule has 2 rings (SSSR count). The molecule has 0 amide bonds. The lowest BCUT2D eigenvalue weighted by Crippen LogP contribution is -2.04. The summed E-state index contributed by atoms with van der Waals surface area (Å²) in [6, 6.07) is 6.67. The number of hydrogen-bond acceptors (Lipinski definition) is 1. The lowest BCUT2D eigenvalue weighted by atomic mass is 10.0. The largest absolute Gasteiger partial charge is 0.313 e. The summed E-state index contributed by atoms with van der Waals surface area (Å²) >= 11 is 0. The molecule has 0 unspecified atom stereocenters. The highest BCUT2D eigenvalue weighted by Gasteiger charge is 2.04. The minimum Gasteiger partial charge on any atom is -0.313 e. The second kappa shape index (κ2) is 3.97. The van der Waals surface area contributed by atoms with Crippen LogP contribution >= 0.6 is 0 Å². The summed E-state index contributed by atoms with van der Waals surface area (Å²) in [5, 5.41) is 3.35. The summed E-state index contributed by atoms with van der Waals surface area (Å²) in [7, 11) is 0. The molecule has 0 aliphatic carbocycles. The Morgan fingerprint density at radius 1 is 1.21 bits per heavy atom. The van der Waals surface area contributed by atoms with E-state index in [-0.39, 0.29) is 0 Å². The third-order valence-corrected chi connectivity index (χ3v) is 2.88. The molecule has 1 heteroatoms. The molecule has 0 radical (unpaired) electrons. The van der Waals surface area contributed by atoms with Crippen LogP contribution in [-0.4, -0.2) is 13.1 Å². The predicted molar refractivity (Wildman–Crippen MR) is 61.4 cm³/mol. The maximum absolute atomic E-state index is 3.35. The summed E-state index contributed by atoms with van der Waals surface area (Å²) < 4.78 is 0. The number of nitrogens with one attached hydrogen (secondary N) is 1. The highest BCUT2D eigenvalue weighted by atomic mass is 14.9. The van der Waals surface area contributed by atoms with Crippen LogP contribution in [0.3, 0.4) is 0 Å². The van der Waals surface area contributed by atoms with Gasteiger partial charge in [-0.2, -0.15) is 0 Å². The molecule has 0 bridgehead atoms. The van der Waals surface area contributed by atoms with Crippen LogP contribution in [0.2, 0.25) is 0 Å². The number of hydrogen-bond donors (Lipinski definition) is 1. The van der Waals surface area contributed by atoms with Crippen molar-refractivity contribution in [3.8, 4) is 0 Å². The molecule has 1 N–H and O–H groups in total. The van der Waals surface area contributed by atoms with Crippen molar-refractivity contribution in [1.82, 2.24) is 5.32 Å². The van der Waals surface area contributed by atoms with Crippen molar-refractivity contribution < 1.29 is 0 Å². The van der Waals surface area contributed by atoms with Gasteiger partial charge in [0, 0.05) is 6.54 Å². The average Bonchev–Trinajstić information content (AvgIpc) is 2.64. The molecule has 1 aromatic rings. The first-order valence-corrected chi connectivity index (χ1v) is 5.23. The molecule has 1 nitrogen and oxygen atoms in total. The van der Waals surface area contributed by atoms with Crippen molar-refractivity contribution >= 4 is 6.08 Å². The van der Waals surface area contributed by atoms with Crippen molar-refractivity contribution in [2.45, 2.75) is 20.3 Å². The van der Waals surface area contributed by atoms with Gasteiger partial charge in [0.05, 0.1) is 0 Å². The molecule has 14 heavy (non-hydrogen) atoms. The monoisotopic (exact) mass is 187 g/mol. The van der Waals surface area contributed by atoms with E-state index in [1.54, 1.807) is 0 Å². The van der Waals surface area contributed by atoms with E-state index in [9.17, 15) is 0 Å². The van der Waals surface area contributed by atoms with Gasteiger partial charge in [0.25, 0.3) is 0 Å².